The molecule has 1 fully saturated rings. The molecule has 1 saturated heterocycles. The average Bonchev–Trinajstić information content (AvgIpc) is 2.17. The zero-order valence-electron chi connectivity index (χ0n) is 9.24. The first kappa shape index (κ1) is 12.9. The molecule has 0 saturated carbocycles. The van der Waals surface area contributed by atoms with Gasteiger partial charge in [0.1, 0.15) is 9.84 Å². The zero-order chi connectivity index (χ0) is 11.4. The smallest absolute Gasteiger partial charge is 0.147 e. The normalized spacial score (nSPS) is 27.9. The molecule has 15 heavy (non-hydrogen) atoms. The molecule has 0 amide bonds. The van der Waals surface area contributed by atoms with E-state index in [1.54, 1.807) is 0 Å². The van der Waals surface area contributed by atoms with Crippen LogP contribution in [-0.2, 0) is 14.6 Å². The number of aliphatic hydroxyl groups excluding tert-OH is 1. The van der Waals surface area contributed by atoms with Gasteiger partial charge >= 0.3 is 0 Å². The Bertz CT molecular complexity index is 278. The largest absolute Gasteiger partial charge is 0.396 e. The fourth-order valence-corrected chi connectivity index (χ4v) is 2.69. The average molecular weight is 236 g/mol. The van der Waals surface area contributed by atoms with Crippen LogP contribution in [0.5, 0.6) is 0 Å². The summed E-state index contributed by atoms with van der Waals surface area (Å²) in [6, 6.07) is 0. The number of sulfone groups is 1. The molecule has 1 aliphatic heterocycles. The molecule has 90 valence electrons. The molecule has 0 spiro atoms. The van der Waals surface area contributed by atoms with E-state index >= 15 is 0 Å². The van der Waals surface area contributed by atoms with Gasteiger partial charge in [0.25, 0.3) is 0 Å². The maximum Gasteiger partial charge on any atom is 0.147 e. The summed E-state index contributed by atoms with van der Waals surface area (Å²) < 4.78 is 27.3. The van der Waals surface area contributed by atoms with Gasteiger partial charge in [-0.25, -0.2) is 8.42 Å². The highest BCUT2D eigenvalue weighted by Crippen LogP contribution is 2.32. The first-order valence-corrected chi connectivity index (χ1v) is 7.40. The van der Waals surface area contributed by atoms with Crippen molar-refractivity contribution in [2.75, 3.05) is 31.8 Å². The maximum absolute atomic E-state index is 11.0. The Morgan fingerprint density at radius 2 is 2.20 bits per heavy atom. The minimum atomic E-state index is -2.88. The number of hydrogen-bond acceptors (Lipinski definition) is 4. The lowest BCUT2D eigenvalue weighted by Crippen LogP contribution is -2.35. The molecule has 1 atom stereocenters. The molecule has 0 radical (unpaired) electrons. The Balaban J connectivity index is 2.39. The lowest BCUT2D eigenvalue weighted by atomic mass is 9.79. The predicted molar refractivity (Wildman–Crippen MR) is 58.5 cm³/mol. The van der Waals surface area contributed by atoms with Crippen molar-refractivity contribution in [1.29, 1.82) is 0 Å². The second-order valence-corrected chi connectivity index (χ2v) is 6.81. The van der Waals surface area contributed by atoms with Gasteiger partial charge in [0.15, 0.2) is 0 Å². The van der Waals surface area contributed by atoms with Crippen molar-refractivity contribution in [3.8, 4) is 0 Å². The van der Waals surface area contributed by atoms with Crippen LogP contribution < -0.4 is 0 Å². The van der Waals surface area contributed by atoms with Crippen molar-refractivity contribution in [3.63, 3.8) is 0 Å². The van der Waals surface area contributed by atoms with Crippen molar-refractivity contribution >= 4 is 9.84 Å². The molecule has 1 N–H and O–H groups in total. The Kier molecular flexibility index (Phi) is 4.55. The van der Waals surface area contributed by atoms with E-state index in [-0.39, 0.29) is 17.8 Å². The molecule has 0 aromatic rings. The Hall–Kier alpha value is -0.130. The van der Waals surface area contributed by atoms with E-state index in [4.69, 9.17) is 4.74 Å². The molecule has 1 unspecified atom stereocenters. The van der Waals surface area contributed by atoms with Crippen molar-refractivity contribution < 1.29 is 18.3 Å². The number of aliphatic hydroxyl groups is 1. The molecule has 1 rings (SSSR count). The van der Waals surface area contributed by atoms with Gasteiger partial charge in [-0.1, -0.05) is 0 Å². The van der Waals surface area contributed by atoms with E-state index in [2.05, 4.69) is 0 Å². The summed E-state index contributed by atoms with van der Waals surface area (Å²) in [6.07, 6.45) is 4.49. The molecule has 0 bridgehead atoms. The standard InChI is InChI=1S/C10H20O4S/c1-15(12,13)7-3-5-10(8-11)4-2-6-14-9-10/h11H,2-9H2,1H3. The van der Waals surface area contributed by atoms with Crippen LogP contribution in [0.4, 0.5) is 0 Å². The van der Waals surface area contributed by atoms with Crippen LogP contribution in [0.15, 0.2) is 0 Å². The van der Waals surface area contributed by atoms with Gasteiger partial charge in [-0.2, -0.15) is 0 Å². The number of ether oxygens (including phenoxy) is 1. The fourth-order valence-electron chi connectivity index (χ4n) is 2.02. The van der Waals surface area contributed by atoms with E-state index in [1.807, 2.05) is 0 Å². The minimum absolute atomic E-state index is 0.0940. The highest BCUT2D eigenvalue weighted by Gasteiger charge is 2.31. The van der Waals surface area contributed by atoms with Gasteiger partial charge in [-0.15, -0.1) is 0 Å². The lowest BCUT2D eigenvalue weighted by Gasteiger charge is -2.35. The highest BCUT2D eigenvalue weighted by atomic mass is 32.2. The Morgan fingerprint density at radius 3 is 2.67 bits per heavy atom. The number of hydrogen-bond donors (Lipinski definition) is 1. The van der Waals surface area contributed by atoms with Crippen molar-refractivity contribution in [2.24, 2.45) is 5.41 Å². The molecular formula is C10H20O4S. The SMILES string of the molecule is CS(=O)(=O)CCCC1(CO)CCCOC1. The van der Waals surface area contributed by atoms with Crippen molar-refractivity contribution in [2.45, 2.75) is 25.7 Å². The molecule has 1 heterocycles. The lowest BCUT2D eigenvalue weighted by molar-refractivity contribution is -0.0430. The van der Waals surface area contributed by atoms with Crippen molar-refractivity contribution in [3.05, 3.63) is 0 Å². The fraction of sp³-hybridized carbons (Fsp3) is 1.00. The van der Waals surface area contributed by atoms with Gasteiger partial charge in [0.2, 0.25) is 0 Å². The monoisotopic (exact) mass is 236 g/mol. The molecule has 0 aromatic heterocycles. The molecule has 0 aromatic carbocycles. The van der Waals surface area contributed by atoms with Crippen LogP contribution in [0.25, 0.3) is 0 Å². The summed E-state index contributed by atoms with van der Waals surface area (Å²) in [6.45, 7) is 1.41. The van der Waals surface area contributed by atoms with E-state index in [0.717, 1.165) is 25.9 Å². The van der Waals surface area contributed by atoms with Gasteiger partial charge in [-0.3, -0.25) is 0 Å². The molecular weight excluding hydrogens is 216 g/mol. The number of rotatable bonds is 5. The van der Waals surface area contributed by atoms with Gasteiger partial charge in [-0.05, 0) is 25.7 Å². The van der Waals surface area contributed by atoms with Gasteiger partial charge < -0.3 is 9.84 Å². The van der Waals surface area contributed by atoms with Crippen LogP contribution in [0.1, 0.15) is 25.7 Å². The Morgan fingerprint density at radius 1 is 1.47 bits per heavy atom. The van der Waals surface area contributed by atoms with E-state index in [0.29, 0.717) is 13.0 Å². The van der Waals surface area contributed by atoms with Crippen LogP contribution >= 0.6 is 0 Å². The summed E-state index contributed by atoms with van der Waals surface area (Å²) in [5, 5.41) is 9.34. The summed E-state index contributed by atoms with van der Waals surface area (Å²) in [5.41, 5.74) is -0.192. The van der Waals surface area contributed by atoms with Crippen LogP contribution in [-0.4, -0.2) is 45.4 Å². The Labute approximate surface area is 91.6 Å². The molecule has 0 aliphatic carbocycles. The van der Waals surface area contributed by atoms with Crippen LogP contribution in [0.2, 0.25) is 0 Å². The quantitative estimate of drug-likeness (QED) is 0.759. The first-order valence-electron chi connectivity index (χ1n) is 5.34. The predicted octanol–water partition coefficient (Wildman–Crippen LogP) is 0.600. The maximum atomic E-state index is 11.0. The topological polar surface area (TPSA) is 63.6 Å². The van der Waals surface area contributed by atoms with E-state index in [9.17, 15) is 13.5 Å². The first-order chi connectivity index (χ1) is 6.97. The summed E-state index contributed by atoms with van der Waals surface area (Å²) in [7, 11) is -2.88. The highest BCUT2D eigenvalue weighted by molar-refractivity contribution is 7.90. The molecule has 1 aliphatic rings. The third-order valence-corrected chi connectivity index (χ3v) is 3.99. The van der Waals surface area contributed by atoms with Gasteiger partial charge in [0.05, 0.1) is 13.2 Å². The summed E-state index contributed by atoms with van der Waals surface area (Å²) >= 11 is 0. The van der Waals surface area contributed by atoms with Crippen LogP contribution in [0, 0.1) is 5.41 Å². The summed E-state index contributed by atoms with van der Waals surface area (Å²) in [5.74, 6) is 0.203. The second-order valence-electron chi connectivity index (χ2n) is 4.55. The second kappa shape index (κ2) is 5.27. The molecule has 4 nitrogen and oxygen atoms in total. The minimum Gasteiger partial charge on any atom is -0.396 e. The van der Waals surface area contributed by atoms with E-state index < -0.39 is 9.84 Å². The third-order valence-electron chi connectivity index (χ3n) is 2.96. The van der Waals surface area contributed by atoms with Crippen LogP contribution in [0.3, 0.4) is 0 Å². The summed E-state index contributed by atoms with van der Waals surface area (Å²) in [4.78, 5) is 0. The zero-order valence-corrected chi connectivity index (χ0v) is 10.1. The van der Waals surface area contributed by atoms with Gasteiger partial charge in [0, 0.05) is 24.0 Å². The van der Waals surface area contributed by atoms with Crippen molar-refractivity contribution in [1.82, 2.24) is 0 Å². The third kappa shape index (κ3) is 4.49. The van der Waals surface area contributed by atoms with E-state index in [1.165, 1.54) is 6.26 Å². The molecule has 5 heteroatoms.